The van der Waals surface area contributed by atoms with Crippen LogP contribution in [0.15, 0.2) is 24.3 Å². The van der Waals surface area contributed by atoms with E-state index in [2.05, 4.69) is 5.32 Å². The van der Waals surface area contributed by atoms with Crippen LogP contribution >= 0.6 is 0 Å². The SMILES string of the molecule is CCOC(=O)C1CCC2(CC1)Nc1ccccc1C(=O)N2CCO. The summed E-state index contributed by atoms with van der Waals surface area (Å²) in [5.41, 5.74) is 0.923. The lowest BCUT2D eigenvalue weighted by atomic mass is 9.79. The molecule has 24 heavy (non-hydrogen) atoms. The molecule has 1 heterocycles. The van der Waals surface area contributed by atoms with Crippen LogP contribution in [0, 0.1) is 5.92 Å². The summed E-state index contributed by atoms with van der Waals surface area (Å²) >= 11 is 0. The molecule has 6 nitrogen and oxygen atoms in total. The molecule has 2 N–H and O–H groups in total. The number of aliphatic hydroxyl groups excluding tert-OH is 1. The number of amides is 1. The Kier molecular flexibility index (Phi) is 4.76. The maximum atomic E-state index is 12.9. The summed E-state index contributed by atoms with van der Waals surface area (Å²) in [6, 6.07) is 7.44. The summed E-state index contributed by atoms with van der Waals surface area (Å²) in [5, 5.41) is 12.9. The van der Waals surface area contributed by atoms with E-state index in [1.165, 1.54) is 0 Å². The Morgan fingerprint density at radius 2 is 2.08 bits per heavy atom. The first-order valence-electron chi connectivity index (χ1n) is 8.58. The smallest absolute Gasteiger partial charge is 0.308 e. The fraction of sp³-hybridized carbons (Fsp3) is 0.556. The van der Waals surface area contributed by atoms with Gasteiger partial charge >= 0.3 is 5.97 Å². The first-order chi connectivity index (χ1) is 11.6. The second kappa shape index (κ2) is 6.81. The Balaban J connectivity index is 1.84. The van der Waals surface area contributed by atoms with Gasteiger partial charge in [0.25, 0.3) is 5.91 Å². The molecule has 1 aromatic carbocycles. The van der Waals surface area contributed by atoms with Gasteiger partial charge in [0.2, 0.25) is 0 Å². The van der Waals surface area contributed by atoms with Gasteiger partial charge in [-0.05, 0) is 44.7 Å². The zero-order valence-corrected chi connectivity index (χ0v) is 14.0. The highest BCUT2D eigenvalue weighted by Crippen LogP contribution is 2.42. The lowest BCUT2D eigenvalue weighted by molar-refractivity contribution is -0.149. The zero-order valence-electron chi connectivity index (χ0n) is 14.0. The van der Waals surface area contributed by atoms with E-state index in [4.69, 9.17) is 4.74 Å². The summed E-state index contributed by atoms with van der Waals surface area (Å²) in [7, 11) is 0. The van der Waals surface area contributed by atoms with Crippen LogP contribution < -0.4 is 5.32 Å². The first kappa shape index (κ1) is 16.8. The largest absolute Gasteiger partial charge is 0.466 e. The van der Waals surface area contributed by atoms with Crippen LogP contribution in [0.25, 0.3) is 0 Å². The van der Waals surface area contributed by atoms with Gasteiger partial charge in [-0.3, -0.25) is 9.59 Å². The van der Waals surface area contributed by atoms with Crippen molar-refractivity contribution in [3.63, 3.8) is 0 Å². The molecule has 130 valence electrons. The Hall–Kier alpha value is -2.08. The number of benzene rings is 1. The fourth-order valence-corrected chi connectivity index (χ4v) is 3.84. The molecular formula is C18H24N2O4. The van der Waals surface area contributed by atoms with E-state index in [0.29, 0.717) is 37.9 Å². The molecule has 1 aliphatic carbocycles. The number of carbonyl (C=O) groups is 2. The van der Waals surface area contributed by atoms with Gasteiger partial charge in [0.05, 0.1) is 24.7 Å². The fourth-order valence-electron chi connectivity index (χ4n) is 3.84. The zero-order chi connectivity index (χ0) is 17.2. The number of ether oxygens (including phenoxy) is 1. The number of carbonyl (C=O) groups excluding carboxylic acids is 2. The number of hydrogen-bond donors (Lipinski definition) is 2. The molecule has 0 saturated heterocycles. The van der Waals surface area contributed by atoms with Gasteiger partial charge in [0, 0.05) is 12.2 Å². The summed E-state index contributed by atoms with van der Waals surface area (Å²) in [6.45, 7) is 2.40. The second-order valence-corrected chi connectivity index (χ2v) is 6.41. The summed E-state index contributed by atoms with van der Waals surface area (Å²) in [5.74, 6) is -0.322. The van der Waals surface area contributed by atoms with E-state index in [1.807, 2.05) is 25.1 Å². The van der Waals surface area contributed by atoms with Crippen LogP contribution in [-0.4, -0.2) is 47.3 Å². The van der Waals surface area contributed by atoms with Crippen molar-refractivity contribution in [3.05, 3.63) is 29.8 Å². The van der Waals surface area contributed by atoms with E-state index in [0.717, 1.165) is 5.69 Å². The van der Waals surface area contributed by atoms with Gasteiger partial charge in [-0.1, -0.05) is 12.1 Å². The Bertz CT molecular complexity index is 623. The topological polar surface area (TPSA) is 78.9 Å². The minimum atomic E-state index is -0.531. The average molecular weight is 332 g/mol. The number of nitrogens with zero attached hydrogens (tertiary/aromatic N) is 1. The van der Waals surface area contributed by atoms with Gasteiger partial charge in [0.15, 0.2) is 0 Å². The molecule has 0 bridgehead atoms. The highest BCUT2D eigenvalue weighted by Gasteiger charge is 2.47. The van der Waals surface area contributed by atoms with Crippen LogP contribution in [0.3, 0.4) is 0 Å². The maximum absolute atomic E-state index is 12.9. The third-order valence-corrected chi connectivity index (χ3v) is 5.04. The molecule has 1 aliphatic heterocycles. The molecule has 3 rings (SSSR count). The number of β-amino-alcohol motifs (C(OH)–C–C–N with tert-alkyl or cyclic N) is 1. The van der Waals surface area contributed by atoms with Gasteiger partial charge in [-0.2, -0.15) is 0 Å². The van der Waals surface area contributed by atoms with E-state index < -0.39 is 5.66 Å². The number of aliphatic hydroxyl groups is 1. The number of hydrogen-bond acceptors (Lipinski definition) is 5. The molecule has 0 radical (unpaired) electrons. The number of para-hydroxylation sites is 1. The van der Waals surface area contributed by atoms with Crippen LogP contribution in [0.1, 0.15) is 43.0 Å². The maximum Gasteiger partial charge on any atom is 0.308 e. The number of esters is 1. The molecule has 1 amide bonds. The van der Waals surface area contributed by atoms with Gasteiger partial charge < -0.3 is 20.1 Å². The second-order valence-electron chi connectivity index (χ2n) is 6.41. The van der Waals surface area contributed by atoms with E-state index in [-0.39, 0.29) is 30.9 Å². The monoisotopic (exact) mass is 332 g/mol. The van der Waals surface area contributed by atoms with E-state index in [1.54, 1.807) is 11.0 Å². The molecule has 6 heteroatoms. The number of fused-ring (bicyclic) bond motifs is 1. The first-order valence-corrected chi connectivity index (χ1v) is 8.58. The lowest BCUT2D eigenvalue weighted by Crippen LogP contribution is -2.62. The highest BCUT2D eigenvalue weighted by molar-refractivity contribution is 6.02. The number of anilines is 1. The molecule has 1 spiro atoms. The van der Waals surface area contributed by atoms with Crippen molar-refractivity contribution >= 4 is 17.6 Å². The van der Waals surface area contributed by atoms with Crippen molar-refractivity contribution in [2.45, 2.75) is 38.3 Å². The van der Waals surface area contributed by atoms with Crippen LogP contribution in [0.2, 0.25) is 0 Å². The Morgan fingerprint density at radius 3 is 2.75 bits per heavy atom. The quantitative estimate of drug-likeness (QED) is 0.825. The van der Waals surface area contributed by atoms with Crippen molar-refractivity contribution in [1.29, 1.82) is 0 Å². The average Bonchev–Trinajstić information content (AvgIpc) is 2.59. The minimum Gasteiger partial charge on any atom is -0.466 e. The van der Waals surface area contributed by atoms with Crippen molar-refractivity contribution < 1.29 is 19.4 Å². The van der Waals surface area contributed by atoms with Crippen LogP contribution in [0.4, 0.5) is 5.69 Å². The standard InChI is InChI=1S/C18H24N2O4/c1-2-24-17(23)13-7-9-18(10-8-13)19-15-6-4-3-5-14(15)16(22)20(18)11-12-21/h3-6,13,19,21H,2,7-12H2,1H3. The Labute approximate surface area is 141 Å². The van der Waals surface area contributed by atoms with Gasteiger partial charge in [-0.25, -0.2) is 0 Å². The Morgan fingerprint density at radius 1 is 1.38 bits per heavy atom. The molecular weight excluding hydrogens is 308 g/mol. The molecule has 1 fully saturated rings. The lowest BCUT2D eigenvalue weighted by Gasteiger charge is -2.51. The molecule has 2 aliphatic rings. The molecule has 0 atom stereocenters. The predicted octanol–water partition coefficient (Wildman–Crippen LogP) is 2.00. The molecule has 0 unspecified atom stereocenters. The van der Waals surface area contributed by atoms with Crippen molar-refractivity contribution in [1.82, 2.24) is 4.90 Å². The number of rotatable bonds is 4. The predicted molar refractivity (Wildman–Crippen MR) is 89.5 cm³/mol. The van der Waals surface area contributed by atoms with E-state index in [9.17, 15) is 14.7 Å². The van der Waals surface area contributed by atoms with Crippen LogP contribution in [0.5, 0.6) is 0 Å². The molecule has 1 saturated carbocycles. The van der Waals surface area contributed by atoms with E-state index >= 15 is 0 Å². The summed E-state index contributed by atoms with van der Waals surface area (Å²) in [4.78, 5) is 26.6. The van der Waals surface area contributed by atoms with Crippen molar-refractivity contribution in [2.75, 3.05) is 25.1 Å². The van der Waals surface area contributed by atoms with Crippen molar-refractivity contribution in [2.24, 2.45) is 5.92 Å². The van der Waals surface area contributed by atoms with Crippen LogP contribution in [-0.2, 0) is 9.53 Å². The van der Waals surface area contributed by atoms with Crippen molar-refractivity contribution in [3.8, 4) is 0 Å². The summed E-state index contributed by atoms with van der Waals surface area (Å²) < 4.78 is 5.13. The summed E-state index contributed by atoms with van der Waals surface area (Å²) in [6.07, 6.45) is 2.67. The molecule has 0 aromatic heterocycles. The molecule has 1 aromatic rings. The normalized spacial score (nSPS) is 26.0. The van der Waals surface area contributed by atoms with Gasteiger partial charge in [-0.15, -0.1) is 0 Å². The third-order valence-electron chi connectivity index (χ3n) is 5.04. The minimum absolute atomic E-state index is 0.0621. The van der Waals surface area contributed by atoms with Gasteiger partial charge in [0.1, 0.15) is 5.66 Å². The number of nitrogens with one attached hydrogen (secondary N) is 1. The third kappa shape index (κ3) is 2.86. The highest BCUT2D eigenvalue weighted by atomic mass is 16.5.